The molecule has 0 aromatic carbocycles. The molecule has 0 aliphatic heterocycles. The van der Waals surface area contributed by atoms with Crippen molar-refractivity contribution < 1.29 is 118 Å². The van der Waals surface area contributed by atoms with Crippen molar-refractivity contribution in [1.82, 2.24) is 0 Å². The van der Waals surface area contributed by atoms with Crippen molar-refractivity contribution in [2.75, 3.05) is 0 Å². The van der Waals surface area contributed by atoms with Crippen LogP contribution in [0, 0.1) is 17.8 Å². The number of hydrogen-bond acceptors (Lipinski definition) is 6. The van der Waals surface area contributed by atoms with Gasteiger partial charge in [-0.25, -0.2) is 0 Å². The van der Waals surface area contributed by atoms with E-state index in [4.69, 9.17) is 0 Å². The molecule has 0 saturated heterocycles. The van der Waals surface area contributed by atoms with Crippen LogP contribution in [0.1, 0.15) is 57.8 Å². The Hall–Kier alpha value is 1.41. The first-order valence-corrected chi connectivity index (χ1v) is 7.54. The van der Waals surface area contributed by atoms with Crippen LogP contribution in [0.15, 0.2) is 0 Å². The number of aliphatic carboxylic acids is 3. The van der Waals surface area contributed by atoms with Crippen LogP contribution >= 0.6 is 0 Å². The third kappa shape index (κ3) is 11.9. The van der Waals surface area contributed by atoms with Crippen molar-refractivity contribution in [2.24, 2.45) is 17.8 Å². The van der Waals surface area contributed by atoms with E-state index in [0.717, 1.165) is 57.8 Å². The van der Waals surface area contributed by atoms with Crippen LogP contribution in [0.3, 0.4) is 0 Å². The second kappa shape index (κ2) is 16.6. The van der Waals surface area contributed by atoms with Crippen molar-refractivity contribution in [2.45, 2.75) is 57.8 Å². The average molecular weight is 366 g/mol. The number of hydrogen-bond donors (Lipinski definition) is 0. The molecule has 0 atom stereocenters. The van der Waals surface area contributed by atoms with Gasteiger partial charge in [0.1, 0.15) is 0 Å². The van der Waals surface area contributed by atoms with Gasteiger partial charge in [-0.3, -0.25) is 0 Å². The predicted octanol–water partition coefficient (Wildman–Crippen LogP) is -10.4. The molecule has 3 saturated carbocycles. The number of rotatable bonds is 3. The summed E-state index contributed by atoms with van der Waals surface area (Å²) in [4.78, 5) is 29.6. The maximum atomic E-state index is 9.87. The fourth-order valence-corrected chi connectivity index (χ4v) is 1.93. The summed E-state index contributed by atoms with van der Waals surface area (Å²) in [5, 5.41) is 29.6. The Labute approximate surface area is 209 Å². The minimum absolute atomic E-state index is 0. The average Bonchev–Trinajstić information content (AvgIpc) is 2.06. The smallest absolute Gasteiger partial charge is 0.550 e. The van der Waals surface area contributed by atoms with Gasteiger partial charge < -0.3 is 29.7 Å². The summed E-state index contributed by atoms with van der Waals surface area (Å²) in [7, 11) is 0. The second-order valence-electron chi connectivity index (χ2n) is 5.84. The largest absolute Gasteiger partial charge is 1.00 e. The Bertz CT molecular complexity index is 322. The van der Waals surface area contributed by atoms with Crippen LogP contribution in [-0.2, 0) is 14.4 Å². The van der Waals surface area contributed by atoms with Crippen LogP contribution < -0.4 is 104 Å². The van der Waals surface area contributed by atoms with E-state index in [1.807, 2.05) is 0 Å². The molecule has 3 aliphatic rings. The number of carboxylic acids is 3. The van der Waals surface area contributed by atoms with Gasteiger partial charge >= 0.3 is 88.7 Å². The van der Waals surface area contributed by atoms with Crippen LogP contribution in [0.5, 0.6) is 0 Å². The normalized spacial score (nSPS) is 18.5. The molecule has 0 unspecified atom stereocenters. The second-order valence-corrected chi connectivity index (χ2v) is 5.84. The Kier molecular flexibility index (Phi) is 20.8. The molecule has 0 amide bonds. The molecular weight excluding hydrogens is 345 g/mol. The summed E-state index contributed by atoms with van der Waals surface area (Å²) >= 11 is 0. The Balaban J connectivity index is -0.000000259. The number of carbonyl (C=O) groups is 3. The van der Waals surface area contributed by atoms with Gasteiger partial charge in [0.15, 0.2) is 0 Å². The van der Waals surface area contributed by atoms with Gasteiger partial charge in [-0.2, -0.15) is 0 Å². The molecule has 0 radical (unpaired) electrons. The van der Waals surface area contributed by atoms with Gasteiger partial charge in [-0.15, -0.1) is 0 Å². The molecule has 120 valence electrons. The molecule has 0 N–H and O–H groups in total. The van der Waals surface area contributed by atoms with Crippen molar-refractivity contribution in [3.05, 3.63) is 0 Å². The van der Waals surface area contributed by atoms with Crippen molar-refractivity contribution in [3.63, 3.8) is 0 Å². The van der Waals surface area contributed by atoms with E-state index in [1.165, 1.54) is 0 Å². The summed E-state index contributed by atoms with van der Waals surface area (Å²) in [6, 6.07) is 0. The van der Waals surface area contributed by atoms with Gasteiger partial charge in [-0.05, 0) is 56.3 Å². The minimum atomic E-state index is -0.869. The number of carbonyl (C=O) groups excluding carboxylic acids is 3. The molecule has 9 heteroatoms. The third-order valence-corrected chi connectivity index (χ3v) is 4.32. The Morgan fingerprint density at radius 3 is 0.667 bits per heavy atom. The van der Waals surface area contributed by atoms with E-state index in [0.29, 0.717) is 0 Å². The molecule has 3 aliphatic carbocycles. The van der Waals surface area contributed by atoms with Crippen molar-refractivity contribution >= 4 is 17.9 Å². The van der Waals surface area contributed by atoms with Gasteiger partial charge in [0.05, 0.1) is 0 Å². The zero-order valence-corrected chi connectivity index (χ0v) is 21.0. The first kappa shape index (κ1) is 30.1. The SMILES string of the molecule is O=C([O-])C1CCC1.O=C([O-])C1CCC1.O=C([O-])C1CCC1.[Na+].[Na+].[Na+]. The summed E-state index contributed by atoms with van der Waals surface area (Å²) < 4.78 is 0. The fraction of sp³-hybridized carbons (Fsp3) is 0.800. The van der Waals surface area contributed by atoms with E-state index in [1.54, 1.807) is 0 Å². The fourth-order valence-electron chi connectivity index (χ4n) is 1.93. The first-order valence-electron chi connectivity index (χ1n) is 7.54. The van der Waals surface area contributed by atoms with Crippen LogP contribution in [0.4, 0.5) is 0 Å². The summed E-state index contributed by atoms with van der Waals surface area (Å²) in [5.41, 5.74) is 0. The quantitative estimate of drug-likeness (QED) is 0.458. The molecule has 3 rings (SSSR count). The first-order chi connectivity index (χ1) is 9.91. The minimum Gasteiger partial charge on any atom is -0.550 e. The molecule has 0 aromatic heterocycles. The molecule has 0 bridgehead atoms. The van der Waals surface area contributed by atoms with E-state index in [-0.39, 0.29) is 106 Å². The van der Waals surface area contributed by atoms with Gasteiger partial charge in [0, 0.05) is 17.9 Å². The van der Waals surface area contributed by atoms with E-state index in [9.17, 15) is 29.7 Å². The van der Waals surface area contributed by atoms with E-state index in [2.05, 4.69) is 0 Å². The van der Waals surface area contributed by atoms with Crippen LogP contribution in [0.25, 0.3) is 0 Å². The third-order valence-electron chi connectivity index (χ3n) is 4.32. The summed E-state index contributed by atoms with van der Waals surface area (Å²) in [6.07, 6.45) is 8.22. The maximum absolute atomic E-state index is 9.87. The Morgan fingerprint density at radius 1 is 0.500 bits per heavy atom. The molecule has 24 heavy (non-hydrogen) atoms. The summed E-state index contributed by atoms with van der Waals surface area (Å²) in [5.74, 6) is -2.94. The van der Waals surface area contributed by atoms with Gasteiger partial charge in [-0.1, -0.05) is 19.3 Å². The van der Waals surface area contributed by atoms with Crippen molar-refractivity contribution in [3.8, 4) is 0 Å². The van der Waals surface area contributed by atoms with E-state index >= 15 is 0 Å². The maximum Gasteiger partial charge on any atom is 1.00 e. The number of carboxylic acid groups (broad SMARTS) is 3. The standard InChI is InChI=1S/3C5H8O2.3Na/c3*6-5(7)4-2-1-3-4;;;/h3*4H,1-3H2,(H,6,7);;;/q;;;3*+1/p-3. The van der Waals surface area contributed by atoms with E-state index < -0.39 is 17.9 Å². The summed E-state index contributed by atoms with van der Waals surface area (Å²) in [6.45, 7) is 0. The van der Waals surface area contributed by atoms with Crippen molar-refractivity contribution in [1.29, 1.82) is 0 Å². The molecule has 3 fully saturated rings. The molecule has 0 spiro atoms. The molecular formula is C15H21Na3O6. The monoisotopic (exact) mass is 366 g/mol. The van der Waals surface area contributed by atoms with Crippen LogP contribution in [0.2, 0.25) is 0 Å². The van der Waals surface area contributed by atoms with Gasteiger partial charge in [0.25, 0.3) is 0 Å². The van der Waals surface area contributed by atoms with Crippen LogP contribution in [-0.4, -0.2) is 17.9 Å². The molecule has 0 heterocycles. The zero-order chi connectivity index (χ0) is 15.8. The molecule has 6 nitrogen and oxygen atoms in total. The van der Waals surface area contributed by atoms with Gasteiger partial charge in [0.2, 0.25) is 0 Å². The zero-order valence-electron chi connectivity index (χ0n) is 15.0. The predicted molar refractivity (Wildman–Crippen MR) is 67.0 cm³/mol. The molecule has 0 aromatic rings. The topological polar surface area (TPSA) is 120 Å². The Morgan fingerprint density at radius 2 is 0.667 bits per heavy atom.